The van der Waals surface area contributed by atoms with E-state index in [1.807, 2.05) is 35.8 Å². The summed E-state index contributed by atoms with van der Waals surface area (Å²) in [5.74, 6) is 1.45. The van der Waals surface area contributed by atoms with E-state index < -0.39 is 0 Å². The number of imidazole rings is 1. The Hall–Kier alpha value is -2.21. The molecule has 0 aromatic carbocycles. The van der Waals surface area contributed by atoms with Gasteiger partial charge in [-0.3, -0.25) is 9.78 Å². The quantitative estimate of drug-likeness (QED) is 0.850. The number of carbonyl (C=O) groups is 1. The van der Waals surface area contributed by atoms with E-state index in [1.165, 1.54) is 5.56 Å². The summed E-state index contributed by atoms with van der Waals surface area (Å²) < 4.78 is 7.82. The van der Waals surface area contributed by atoms with Gasteiger partial charge in [0.15, 0.2) is 0 Å². The molecule has 2 aromatic rings. The summed E-state index contributed by atoms with van der Waals surface area (Å²) in [7, 11) is 1.95. The van der Waals surface area contributed by atoms with Crippen LogP contribution >= 0.6 is 0 Å². The van der Waals surface area contributed by atoms with Crippen LogP contribution in [0.4, 0.5) is 0 Å². The maximum atomic E-state index is 13.1. The topological polar surface area (TPSA) is 60.3 Å². The van der Waals surface area contributed by atoms with Gasteiger partial charge in [-0.2, -0.15) is 0 Å². The normalized spacial score (nSPS) is 24.2. The summed E-state index contributed by atoms with van der Waals surface area (Å²) in [4.78, 5) is 23.9. The van der Waals surface area contributed by atoms with Crippen molar-refractivity contribution in [1.82, 2.24) is 19.4 Å². The van der Waals surface area contributed by atoms with Crippen LogP contribution in [0.15, 0.2) is 30.7 Å². The average Bonchev–Trinajstić information content (AvgIpc) is 3.30. The number of aryl methyl sites for hydroxylation is 2. The van der Waals surface area contributed by atoms with Crippen molar-refractivity contribution in [2.75, 3.05) is 19.7 Å². The van der Waals surface area contributed by atoms with E-state index in [0.717, 1.165) is 43.9 Å². The van der Waals surface area contributed by atoms with Crippen LogP contribution in [0.25, 0.3) is 0 Å². The molecule has 138 valence electrons. The first-order valence-corrected chi connectivity index (χ1v) is 9.43. The lowest BCUT2D eigenvalue weighted by molar-refractivity contribution is -0.138. The zero-order chi connectivity index (χ0) is 18.1. The molecule has 0 bridgehead atoms. The van der Waals surface area contributed by atoms with Gasteiger partial charge < -0.3 is 14.2 Å². The lowest BCUT2D eigenvalue weighted by Crippen LogP contribution is -2.42. The van der Waals surface area contributed by atoms with E-state index in [2.05, 4.69) is 22.1 Å². The predicted molar refractivity (Wildman–Crippen MR) is 97.5 cm³/mol. The molecule has 0 N–H and O–H groups in total. The molecule has 26 heavy (non-hydrogen) atoms. The molecule has 2 atom stereocenters. The minimum Gasteiger partial charge on any atom is -0.369 e. The molecule has 0 spiro atoms. The molecular weight excluding hydrogens is 328 g/mol. The van der Waals surface area contributed by atoms with Gasteiger partial charge in [-0.05, 0) is 43.7 Å². The predicted octanol–water partition coefficient (Wildman–Crippen LogP) is 2.61. The molecule has 6 heteroatoms. The summed E-state index contributed by atoms with van der Waals surface area (Å²) >= 11 is 0. The summed E-state index contributed by atoms with van der Waals surface area (Å²) in [6.07, 6.45) is 8.20. The fraction of sp³-hybridized carbons (Fsp3) is 0.550. The zero-order valence-corrected chi connectivity index (χ0v) is 15.5. The van der Waals surface area contributed by atoms with Gasteiger partial charge in [-0.1, -0.05) is 6.07 Å². The summed E-state index contributed by atoms with van der Waals surface area (Å²) in [5.41, 5.74) is 2.33. The van der Waals surface area contributed by atoms with Gasteiger partial charge in [0.1, 0.15) is 11.9 Å². The third kappa shape index (κ3) is 3.26. The average molecular weight is 354 g/mol. The molecule has 2 aromatic heterocycles. The fourth-order valence-electron chi connectivity index (χ4n) is 4.14. The Bertz CT molecular complexity index is 762. The van der Waals surface area contributed by atoms with Gasteiger partial charge >= 0.3 is 0 Å². The Kier molecular flexibility index (Phi) is 4.76. The third-order valence-electron chi connectivity index (χ3n) is 5.73. The number of pyridine rings is 1. The van der Waals surface area contributed by atoms with Crippen molar-refractivity contribution in [3.05, 3.63) is 47.8 Å². The van der Waals surface area contributed by atoms with Crippen molar-refractivity contribution >= 4 is 5.91 Å². The first-order chi connectivity index (χ1) is 12.6. The number of hydrogen-bond acceptors (Lipinski definition) is 4. The Morgan fingerprint density at radius 3 is 2.65 bits per heavy atom. The van der Waals surface area contributed by atoms with Crippen LogP contribution in [-0.2, 0) is 16.6 Å². The number of aromatic nitrogens is 3. The Labute approximate surface area is 154 Å². The number of piperidine rings is 1. The fourth-order valence-corrected chi connectivity index (χ4v) is 4.14. The van der Waals surface area contributed by atoms with Gasteiger partial charge in [0.05, 0.1) is 5.92 Å². The maximum Gasteiger partial charge on any atom is 0.228 e. The van der Waals surface area contributed by atoms with E-state index in [4.69, 9.17) is 4.74 Å². The Morgan fingerprint density at radius 1 is 1.19 bits per heavy atom. The highest BCUT2D eigenvalue weighted by molar-refractivity contribution is 5.80. The number of ether oxygens (including phenoxy) is 1. The number of carbonyl (C=O) groups excluding carboxylic acids is 1. The molecular formula is C20H26N4O2. The monoisotopic (exact) mass is 354 g/mol. The third-order valence-corrected chi connectivity index (χ3v) is 5.73. The highest BCUT2D eigenvalue weighted by Crippen LogP contribution is 2.36. The Balaban J connectivity index is 1.40. The lowest BCUT2D eigenvalue weighted by Gasteiger charge is -2.34. The second-order valence-electron chi connectivity index (χ2n) is 7.42. The highest BCUT2D eigenvalue weighted by atomic mass is 16.5. The van der Waals surface area contributed by atoms with Crippen molar-refractivity contribution in [3.8, 4) is 0 Å². The van der Waals surface area contributed by atoms with Gasteiger partial charge in [-0.25, -0.2) is 4.98 Å². The first kappa shape index (κ1) is 17.2. The van der Waals surface area contributed by atoms with Crippen LogP contribution in [0.5, 0.6) is 0 Å². The van der Waals surface area contributed by atoms with E-state index in [-0.39, 0.29) is 17.9 Å². The minimum absolute atomic E-state index is 0.117. The standard InChI is InChI=1S/C20H26N4O2/c1-14-3-4-16(13-22-14)15-5-9-24(10-6-15)20(25)17-7-12-26-18(17)19-21-8-11-23(19)2/h3-4,8,11,13,15,17-18H,5-7,9-10,12H2,1-2H3/t17-,18-/m1/s1. The molecule has 2 aliphatic rings. The molecule has 4 rings (SSSR count). The van der Waals surface area contributed by atoms with Crippen LogP contribution in [0.2, 0.25) is 0 Å². The number of amides is 1. The van der Waals surface area contributed by atoms with Crippen LogP contribution < -0.4 is 0 Å². The molecule has 0 unspecified atom stereocenters. The van der Waals surface area contributed by atoms with Gasteiger partial charge in [0, 0.05) is 51.0 Å². The second-order valence-corrected chi connectivity index (χ2v) is 7.42. The van der Waals surface area contributed by atoms with Crippen LogP contribution in [0, 0.1) is 12.8 Å². The van der Waals surface area contributed by atoms with Gasteiger partial charge in [-0.15, -0.1) is 0 Å². The number of likely N-dealkylation sites (tertiary alicyclic amines) is 1. The van der Waals surface area contributed by atoms with Gasteiger partial charge in [0.2, 0.25) is 5.91 Å². The number of nitrogens with zero attached hydrogens (tertiary/aromatic N) is 4. The van der Waals surface area contributed by atoms with E-state index in [9.17, 15) is 4.79 Å². The van der Waals surface area contributed by atoms with Gasteiger partial charge in [0.25, 0.3) is 0 Å². The number of hydrogen-bond donors (Lipinski definition) is 0. The van der Waals surface area contributed by atoms with Crippen LogP contribution in [-0.4, -0.2) is 45.0 Å². The first-order valence-electron chi connectivity index (χ1n) is 9.43. The largest absolute Gasteiger partial charge is 0.369 e. The molecule has 2 saturated heterocycles. The molecule has 2 aliphatic heterocycles. The van der Waals surface area contributed by atoms with Crippen LogP contribution in [0.1, 0.15) is 48.4 Å². The van der Waals surface area contributed by atoms with Crippen molar-refractivity contribution < 1.29 is 9.53 Å². The summed E-state index contributed by atoms with van der Waals surface area (Å²) in [6.45, 7) is 4.24. The molecule has 6 nitrogen and oxygen atoms in total. The van der Waals surface area contributed by atoms with Crippen LogP contribution in [0.3, 0.4) is 0 Å². The van der Waals surface area contributed by atoms with Crippen molar-refractivity contribution in [3.63, 3.8) is 0 Å². The molecule has 2 fully saturated rings. The van der Waals surface area contributed by atoms with E-state index >= 15 is 0 Å². The van der Waals surface area contributed by atoms with E-state index in [0.29, 0.717) is 12.5 Å². The number of rotatable bonds is 3. The summed E-state index contributed by atoms with van der Waals surface area (Å²) in [6, 6.07) is 4.24. The zero-order valence-electron chi connectivity index (χ0n) is 15.5. The van der Waals surface area contributed by atoms with Crippen molar-refractivity contribution in [2.45, 2.75) is 38.2 Å². The molecule has 0 saturated carbocycles. The molecule has 4 heterocycles. The smallest absolute Gasteiger partial charge is 0.228 e. The molecule has 0 aliphatic carbocycles. The molecule has 0 radical (unpaired) electrons. The maximum absolute atomic E-state index is 13.1. The second kappa shape index (κ2) is 7.19. The highest BCUT2D eigenvalue weighted by Gasteiger charge is 2.40. The lowest BCUT2D eigenvalue weighted by atomic mass is 9.89. The Morgan fingerprint density at radius 2 is 2.00 bits per heavy atom. The van der Waals surface area contributed by atoms with E-state index in [1.54, 1.807) is 6.20 Å². The van der Waals surface area contributed by atoms with Crippen molar-refractivity contribution in [1.29, 1.82) is 0 Å². The van der Waals surface area contributed by atoms with Crippen molar-refractivity contribution in [2.24, 2.45) is 13.0 Å². The summed E-state index contributed by atoms with van der Waals surface area (Å²) in [5, 5.41) is 0. The SMILES string of the molecule is Cc1ccc(C2CCN(C(=O)[C@@H]3CCO[C@H]3c3nccn3C)CC2)cn1. The molecule has 1 amide bonds. The minimum atomic E-state index is -0.221.